The zero-order valence-corrected chi connectivity index (χ0v) is 11.8. The lowest BCUT2D eigenvalue weighted by Gasteiger charge is -2.36. The van der Waals surface area contributed by atoms with Crippen molar-refractivity contribution in [2.75, 3.05) is 0 Å². The highest BCUT2D eigenvalue weighted by Crippen LogP contribution is 2.44. The first-order valence-corrected chi connectivity index (χ1v) is 7.28. The first-order chi connectivity index (χ1) is 8.70. The predicted octanol–water partition coefficient (Wildman–Crippen LogP) is 3.68. The Labute approximate surface area is 115 Å². The SMILES string of the molecule is CCC1(C(Cc2cccc(Cl)c2)NN)CCCC1. The van der Waals surface area contributed by atoms with E-state index in [0.717, 1.165) is 11.4 Å². The number of benzene rings is 1. The third kappa shape index (κ3) is 2.87. The van der Waals surface area contributed by atoms with Gasteiger partial charge in [-0.25, -0.2) is 0 Å². The van der Waals surface area contributed by atoms with Gasteiger partial charge in [0.25, 0.3) is 0 Å². The summed E-state index contributed by atoms with van der Waals surface area (Å²) in [5, 5.41) is 0.806. The van der Waals surface area contributed by atoms with E-state index in [4.69, 9.17) is 17.4 Å². The van der Waals surface area contributed by atoms with Gasteiger partial charge in [0.1, 0.15) is 0 Å². The van der Waals surface area contributed by atoms with Crippen molar-refractivity contribution < 1.29 is 0 Å². The van der Waals surface area contributed by atoms with Crippen LogP contribution in [0.2, 0.25) is 5.02 Å². The maximum atomic E-state index is 6.05. The second-order valence-corrected chi connectivity index (χ2v) is 5.91. The Balaban J connectivity index is 2.13. The van der Waals surface area contributed by atoms with E-state index in [0.29, 0.717) is 11.5 Å². The van der Waals surface area contributed by atoms with E-state index in [-0.39, 0.29) is 0 Å². The molecule has 0 bridgehead atoms. The molecule has 100 valence electrons. The van der Waals surface area contributed by atoms with Crippen LogP contribution in [0.1, 0.15) is 44.6 Å². The van der Waals surface area contributed by atoms with Gasteiger partial charge in [-0.2, -0.15) is 0 Å². The molecule has 2 rings (SSSR count). The third-order valence-electron chi connectivity index (χ3n) is 4.57. The summed E-state index contributed by atoms with van der Waals surface area (Å²) in [5.74, 6) is 5.82. The van der Waals surface area contributed by atoms with E-state index in [1.165, 1.54) is 37.7 Å². The van der Waals surface area contributed by atoms with Crippen molar-refractivity contribution in [3.8, 4) is 0 Å². The van der Waals surface area contributed by atoms with Gasteiger partial charge >= 0.3 is 0 Å². The lowest BCUT2D eigenvalue weighted by Crippen LogP contribution is -2.48. The van der Waals surface area contributed by atoms with Crippen LogP contribution in [-0.2, 0) is 6.42 Å². The van der Waals surface area contributed by atoms with Gasteiger partial charge in [0, 0.05) is 11.1 Å². The van der Waals surface area contributed by atoms with Gasteiger partial charge in [-0.3, -0.25) is 11.3 Å². The number of nitrogens with one attached hydrogen (secondary N) is 1. The van der Waals surface area contributed by atoms with Crippen LogP contribution in [0, 0.1) is 5.41 Å². The smallest absolute Gasteiger partial charge is 0.0408 e. The summed E-state index contributed by atoms with van der Waals surface area (Å²) >= 11 is 6.05. The molecule has 1 aromatic rings. The minimum atomic E-state index is 0.350. The number of hydrazine groups is 1. The fraction of sp³-hybridized carbons (Fsp3) is 0.600. The maximum absolute atomic E-state index is 6.05. The lowest BCUT2D eigenvalue weighted by atomic mass is 9.74. The highest BCUT2D eigenvalue weighted by molar-refractivity contribution is 6.30. The number of rotatable bonds is 5. The van der Waals surface area contributed by atoms with Crippen LogP contribution in [-0.4, -0.2) is 6.04 Å². The molecule has 3 N–H and O–H groups in total. The Morgan fingerprint density at radius 3 is 2.67 bits per heavy atom. The fourth-order valence-corrected chi connectivity index (χ4v) is 3.59. The van der Waals surface area contributed by atoms with Gasteiger partial charge < -0.3 is 0 Å². The minimum absolute atomic E-state index is 0.350. The van der Waals surface area contributed by atoms with Gasteiger partial charge in [0.15, 0.2) is 0 Å². The van der Waals surface area contributed by atoms with Crippen LogP contribution in [0.3, 0.4) is 0 Å². The zero-order valence-electron chi connectivity index (χ0n) is 11.1. The number of hydrogen-bond acceptors (Lipinski definition) is 2. The molecule has 1 saturated carbocycles. The highest BCUT2D eigenvalue weighted by Gasteiger charge is 2.39. The number of nitrogens with two attached hydrogens (primary N) is 1. The quantitative estimate of drug-likeness (QED) is 0.630. The summed E-state index contributed by atoms with van der Waals surface area (Å²) in [6.07, 6.45) is 7.41. The van der Waals surface area contributed by atoms with Gasteiger partial charge in [-0.15, -0.1) is 0 Å². The van der Waals surface area contributed by atoms with Crippen molar-refractivity contribution in [2.24, 2.45) is 11.3 Å². The van der Waals surface area contributed by atoms with Crippen LogP contribution < -0.4 is 11.3 Å². The average molecular weight is 267 g/mol. The molecule has 1 fully saturated rings. The van der Waals surface area contributed by atoms with Crippen molar-refractivity contribution in [3.05, 3.63) is 34.9 Å². The molecule has 1 unspecified atom stereocenters. The summed E-state index contributed by atoms with van der Waals surface area (Å²) in [5.41, 5.74) is 4.70. The lowest BCUT2D eigenvalue weighted by molar-refractivity contribution is 0.185. The summed E-state index contributed by atoms with van der Waals surface area (Å²) in [6.45, 7) is 2.29. The molecule has 1 aliphatic rings. The second kappa shape index (κ2) is 6.05. The van der Waals surface area contributed by atoms with Gasteiger partial charge in [-0.05, 0) is 48.8 Å². The summed E-state index contributed by atoms with van der Waals surface area (Å²) in [7, 11) is 0. The molecule has 2 nitrogen and oxygen atoms in total. The molecule has 3 heteroatoms. The predicted molar refractivity (Wildman–Crippen MR) is 77.5 cm³/mol. The molecule has 1 aromatic carbocycles. The van der Waals surface area contributed by atoms with Crippen LogP contribution in [0.15, 0.2) is 24.3 Å². The van der Waals surface area contributed by atoms with E-state index in [1.54, 1.807) is 0 Å². The average Bonchev–Trinajstić information content (AvgIpc) is 2.86. The Morgan fingerprint density at radius 2 is 2.11 bits per heavy atom. The standard InChI is InChI=1S/C15H23ClN2/c1-2-15(8-3-4-9-15)14(18-17)11-12-6-5-7-13(16)10-12/h5-7,10,14,18H,2-4,8-9,11,17H2,1H3. The van der Waals surface area contributed by atoms with Gasteiger partial charge in [-0.1, -0.05) is 43.5 Å². The fourth-order valence-electron chi connectivity index (χ4n) is 3.38. The molecule has 0 aromatic heterocycles. The van der Waals surface area contributed by atoms with Gasteiger partial charge in [0.2, 0.25) is 0 Å². The van der Waals surface area contributed by atoms with Crippen molar-refractivity contribution in [1.29, 1.82) is 0 Å². The van der Waals surface area contributed by atoms with E-state index in [1.807, 2.05) is 18.2 Å². The number of halogens is 1. The molecule has 0 saturated heterocycles. The summed E-state index contributed by atoms with van der Waals surface area (Å²) < 4.78 is 0. The zero-order chi connectivity index (χ0) is 13.0. The molecule has 0 heterocycles. The Bertz CT molecular complexity index is 386. The molecule has 0 spiro atoms. The van der Waals surface area contributed by atoms with Crippen LogP contribution >= 0.6 is 11.6 Å². The van der Waals surface area contributed by atoms with Gasteiger partial charge in [0.05, 0.1) is 0 Å². The minimum Gasteiger partial charge on any atom is -0.271 e. The largest absolute Gasteiger partial charge is 0.271 e. The van der Waals surface area contributed by atoms with Crippen LogP contribution in [0.5, 0.6) is 0 Å². The topological polar surface area (TPSA) is 38.0 Å². The monoisotopic (exact) mass is 266 g/mol. The molecule has 1 atom stereocenters. The summed E-state index contributed by atoms with van der Waals surface area (Å²) in [4.78, 5) is 0. The number of hydrogen-bond donors (Lipinski definition) is 2. The Kier molecular flexibility index (Phi) is 4.66. The molecule has 18 heavy (non-hydrogen) atoms. The van der Waals surface area contributed by atoms with E-state index in [2.05, 4.69) is 18.4 Å². The van der Waals surface area contributed by atoms with Crippen molar-refractivity contribution in [1.82, 2.24) is 5.43 Å². The molecule has 0 radical (unpaired) electrons. The van der Waals surface area contributed by atoms with Crippen molar-refractivity contribution in [3.63, 3.8) is 0 Å². The van der Waals surface area contributed by atoms with Crippen LogP contribution in [0.25, 0.3) is 0 Å². The van der Waals surface area contributed by atoms with Crippen molar-refractivity contribution >= 4 is 11.6 Å². The highest BCUT2D eigenvalue weighted by atomic mass is 35.5. The Morgan fingerprint density at radius 1 is 1.39 bits per heavy atom. The molecule has 0 aliphatic heterocycles. The van der Waals surface area contributed by atoms with E-state index < -0.39 is 0 Å². The normalized spacial score (nSPS) is 19.9. The molecular weight excluding hydrogens is 244 g/mol. The first-order valence-electron chi connectivity index (χ1n) is 6.91. The third-order valence-corrected chi connectivity index (χ3v) is 4.81. The molecular formula is C15H23ClN2. The summed E-state index contributed by atoms with van der Waals surface area (Å²) in [6, 6.07) is 8.46. The van der Waals surface area contributed by atoms with Crippen molar-refractivity contribution in [2.45, 2.75) is 51.5 Å². The van der Waals surface area contributed by atoms with E-state index >= 15 is 0 Å². The maximum Gasteiger partial charge on any atom is 0.0408 e. The second-order valence-electron chi connectivity index (χ2n) is 5.48. The van der Waals surface area contributed by atoms with Crippen LogP contribution in [0.4, 0.5) is 0 Å². The molecule has 1 aliphatic carbocycles. The van der Waals surface area contributed by atoms with E-state index in [9.17, 15) is 0 Å². The first kappa shape index (κ1) is 13.9. The molecule has 0 amide bonds. The Hall–Kier alpha value is -0.570.